The number of aromatic nitrogens is 1. The molecule has 0 amide bonds. The molecule has 1 radical (unpaired) electrons. The van der Waals surface area contributed by atoms with Gasteiger partial charge in [0, 0.05) is 13.1 Å². The third-order valence-corrected chi connectivity index (χ3v) is 2.63. The van der Waals surface area contributed by atoms with Crippen LogP contribution in [0.2, 0.25) is 0 Å². The lowest BCUT2D eigenvalue weighted by atomic mass is 10.2. The number of anilines is 1. The van der Waals surface area contributed by atoms with Crippen molar-refractivity contribution in [2.75, 3.05) is 18.0 Å². The standard InChI is InChI=1S/C11H12F3N2/c1-8-5-6-16(7-8)10-4-2-3-9(15-10)11(12,13)14/h2-4,8H,1,5-7H2/t8-/m1/s1. The molecule has 0 saturated carbocycles. The van der Waals surface area contributed by atoms with Gasteiger partial charge in [-0.3, -0.25) is 0 Å². The van der Waals surface area contributed by atoms with E-state index in [2.05, 4.69) is 11.9 Å². The molecule has 87 valence electrons. The molecule has 1 aromatic rings. The Labute approximate surface area is 92.1 Å². The van der Waals surface area contributed by atoms with Gasteiger partial charge in [0.15, 0.2) is 0 Å². The molecule has 1 aliphatic heterocycles. The summed E-state index contributed by atoms with van der Waals surface area (Å²) in [7, 11) is 0. The molecule has 2 nitrogen and oxygen atoms in total. The number of hydrogen-bond acceptors (Lipinski definition) is 2. The summed E-state index contributed by atoms with van der Waals surface area (Å²) in [5.74, 6) is 0.664. The summed E-state index contributed by atoms with van der Waals surface area (Å²) in [4.78, 5) is 5.47. The van der Waals surface area contributed by atoms with E-state index in [-0.39, 0.29) is 5.92 Å². The van der Waals surface area contributed by atoms with Crippen molar-refractivity contribution in [1.29, 1.82) is 0 Å². The fourth-order valence-electron chi connectivity index (χ4n) is 1.80. The molecule has 0 bridgehead atoms. The van der Waals surface area contributed by atoms with Crippen LogP contribution in [0.5, 0.6) is 0 Å². The smallest absolute Gasteiger partial charge is 0.356 e. The van der Waals surface area contributed by atoms with Crippen LogP contribution >= 0.6 is 0 Å². The summed E-state index contributed by atoms with van der Waals surface area (Å²) in [6.45, 7) is 5.29. The van der Waals surface area contributed by atoms with Gasteiger partial charge in [-0.05, 0) is 31.4 Å². The van der Waals surface area contributed by atoms with Gasteiger partial charge in [0.2, 0.25) is 0 Å². The second kappa shape index (κ2) is 3.96. The third-order valence-electron chi connectivity index (χ3n) is 2.63. The molecule has 0 spiro atoms. The molecule has 2 heterocycles. The summed E-state index contributed by atoms with van der Waals surface area (Å²) in [5.41, 5.74) is -0.836. The summed E-state index contributed by atoms with van der Waals surface area (Å²) < 4.78 is 37.3. The van der Waals surface area contributed by atoms with Crippen molar-refractivity contribution in [2.45, 2.75) is 12.6 Å². The highest BCUT2D eigenvalue weighted by Crippen LogP contribution is 2.30. The maximum Gasteiger partial charge on any atom is 0.433 e. The van der Waals surface area contributed by atoms with E-state index in [0.717, 1.165) is 19.0 Å². The molecule has 0 N–H and O–H groups in total. The third kappa shape index (κ3) is 2.28. The fourth-order valence-corrected chi connectivity index (χ4v) is 1.80. The molecule has 1 atom stereocenters. The molecule has 5 heteroatoms. The Hall–Kier alpha value is -1.26. The zero-order valence-electron chi connectivity index (χ0n) is 8.67. The lowest BCUT2D eigenvalue weighted by Crippen LogP contribution is -2.21. The number of alkyl halides is 3. The Morgan fingerprint density at radius 3 is 2.69 bits per heavy atom. The highest BCUT2D eigenvalue weighted by Gasteiger charge is 2.33. The first kappa shape index (κ1) is 11.2. The average molecular weight is 229 g/mol. The minimum atomic E-state index is -4.38. The highest BCUT2D eigenvalue weighted by atomic mass is 19.4. The van der Waals surface area contributed by atoms with Gasteiger partial charge in [0.05, 0.1) is 0 Å². The van der Waals surface area contributed by atoms with Crippen LogP contribution in [0.15, 0.2) is 18.2 Å². The molecule has 1 fully saturated rings. The maximum absolute atomic E-state index is 12.4. The quantitative estimate of drug-likeness (QED) is 0.736. The van der Waals surface area contributed by atoms with E-state index in [9.17, 15) is 13.2 Å². The van der Waals surface area contributed by atoms with Gasteiger partial charge in [-0.1, -0.05) is 6.07 Å². The Kier molecular flexibility index (Phi) is 2.78. The Morgan fingerprint density at radius 1 is 1.38 bits per heavy atom. The van der Waals surface area contributed by atoms with Gasteiger partial charge in [0.25, 0.3) is 0 Å². The first-order valence-corrected chi connectivity index (χ1v) is 5.09. The van der Waals surface area contributed by atoms with E-state index in [1.54, 1.807) is 6.07 Å². The summed E-state index contributed by atoms with van der Waals surface area (Å²) in [6, 6.07) is 3.98. The van der Waals surface area contributed by atoms with Crippen LogP contribution in [0.4, 0.5) is 19.0 Å². The Balaban J connectivity index is 2.23. The van der Waals surface area contributed by atoms with Crippen molar-refractivity contribution in [2.24, 2.45) is 5.92 Å². The van der Waals surface area contributed by atoms with Crippen LogP contribution in [-0.4, -0.2) is 18.1 Å². The van der Waals surface area contributed by atoms with Crippen LogP contribution in [0.3, 0.4) is 0 Å². The molecule has 0 aromatic carbocycles. The fraction of sp³-hybridized carbons (Fsp3) is 0.455. The first-order chi connectivity index (χ1) is 7.47. The predicted octanol–water partition coefficient (Wildman–Crippen LogP) is 2.76. The number of nitrogens with zero attached hydrogens (tertiary/aromatic N) is 2. The monoisotopic (exact) mass is 229 g/mol. The topological polar surface area (TPSA) is 16.1 Å². The molecule has 1 aliphatic rings. The average Bonchev–Trinajstić information content (AvgIpc) is 2.64. The van der Waals surface area contributed by atoms with Gasteiger partial charge < -0.3 is 4.90 Å². The molecular weight excluding hydrogens is 217 g/mol. The number of halogens is 3. The van der Waals surface area contributed by atoms with Crippen LogP contribution in [0.1, 0.15) is 12.1 Å². The lowest BCUT2D eigenvalue weighted by Gasteiger charge is -2.18. The van der Waals surface area contributed by atoms with Crippen molar-refractivity contribution in [1.82, 2.24) is 4.98 Å². The van der Waals surface area contributed by atoms with Gasteiger partial charge in [-0.25, -0.2) is 4.98 Å². The van der Waals surface area contributed by atoms with E-state index < -0.39 is 11.9 Å². The van der Waals surface area contributed by atoms with E-state index in [4.69, 9.17) is 0 Å². The van der Waals surface area contributed by atoms with Gasteiger partial charge in [-0.2, -0.15) is 13.2 Å². The van der Waals surface area contributed by atoms with Crippen molar-refractivity contribution in [3.63, 3.8) is 0 Å². The van der Waals surface area contributed by atoms with Crippen molar-refractivity contribution in [3.8, 4) is 0 Å². The molecule has 1 saturated heterocycles. The second-order valence-electron chi connectivity index (χ2n) is 3.98. The van der Waals surface area contributed by atoms with Gasteiger partial charge in [0.1, 0.15) is 11.5 Å². The zero-order chi connectivity index (χ0) is 11.8. The SMILES string of the molecule is [CH2][C@@H]1CCN(c2cccc(C(F)(F)F)n2)C1. The molecule has 1 aromatic heterocycles. The number of rotatable bonds is 1. The first-order valence-electron chi connectivity index (χ1n) is 5.09. The van der Waals surface area contributed by atoms with E-state index in [0.29, 0.717) is 12.4 Å². The maximum atomic E-state index is 12.4. The molecule has 16 heavy (non-hydrogen) atoms. The molecule has 0 aliphatic carbocycles. The second-order valence-corrected chi connectivity index (χ2v) is 3.98. The normalized spacial score (nSPS) is 21.5. The number of pyridine rings is 1. The van der Waals surface area contributed by atoms with E-state index in [1.165, 1.54) is 6.07 Å². The molecular formula is C11H12F3N2. The lowest BCUT2D eigenvalue weighted by molar-refractivity contribution is -0.141. The predicted molar refractivity (Wildman–Crippen MR) is 54.9 cm³/mol. The van der Waals surface area contributed by atoms with E-state index >= 15 is 0 Å². The van der Waals surface area contributed by atoms with Crippen LogP contribution < -0.4 is 4.90 Å². The Morgan fingerprint density at radius 2 is 2.12 bits per heavy atom. The van der Waals surface area contributed by atoms with Crippen molar-refractivity contribution >= 4 is 5.82 Å². The van der Waals surface area contributed by atoms with Crippen LogP contribution in [-0.2, 0) is 6.18 Å². The van der Waals surface area contributed by atoms with Gasteiger partial charge >= 0.3 is 6.18 Å². The molecule has 0 unspecified atom stereocenters. The van der Waals surface area contributed by atoms with Gasteiger partial charge in [-0.15, -0.1) is 0 Å². The largest absolute Gasteiger partial charge is 0.433 e. The summed E-state index contributed by atoms with van der Waals surface area (Å²) in [6.07, 6.45) is -3.47. The van der Waals surface area contributed by atoms with Crippen molar-refractivity contribution < 1.29 is 13.2 Å². The zero-order valence-corrected chi connectivity index (χ0v) is 8.67. The minimum absolute atomic E-state index is 0.274. The molecule has 2 rings (SSSR count). The van der Waals surface area contributed by atoms with Crippen LogP contribution in [0.25, 0.3) is 0 Å². The summed E-state index contributed by atoms with van der Waals surface area (Å²) >= 11 is 0. The minimum Gasteiger partial charge on any atom is -0.356 e. The number of hydrogen-bond donors (Lipinski definition) is 0. The highest BCUT2D eigenvalue weighted by molar-refractivity contribution is 5.41. The summed E-state index contributed by atoms with van der Waals surface area (Å²) in [5, 5.41) is 0. The van der Waals surface area contributed by atoms with Crippen molar-refractivity contribution in [3.05, 3.63) is 30.8 Å². The van der Waals surface area contributed by atoms with E-state index in [1.807, 2.05) is 4.90 Å². The van der Waals surface area contributed by atoms with Crippen LogP contribution in [0, 0.1) is 12.8 Å². The Bertz CT molecular complexity index is 376.